The number of allylic oxidation sites excluding steroid dienone is 7. The number of nitrogens with one attached hydrogen (secondary N) is 1. The molecule has 3 N–H and O–H groups in total. The summed E-state index contributed by atoms with van der Waals surface area (Å²) in [5.74, 6) is -0.170. The molecule has 0 aromatic carbocycles. The highest BCUT2D eigenvalue weighted by molar-refractivity contribution is 7.47. The fraction of sp³-hybridized carbons (Fsp3) is 0.878. The average Bonchev–Trinajstić information content (AvgIpc) is 3.50. The minimum absolute atomic E-state index is 0.0633. The Labute approximate surface area is 518 Å². The Morgan fingerprint density at radius 2 is 0.687 bits per heavy atom. The largest absolute Gasteiger partial charge is 0.472 e. The van der Waals surface area contributed by atoms with Crippen molar-refractivity contribution in [3.63, 3.8) is 0 Å². The van der Waals surface area contributed by atoms with Crippen LogP contribution in [0.4, 0.5) is 0 Å². The first-order valence-corrected chi connectivity index (χ1v) is 38.0. The summed E-state index contributed by atoms with van der Waals surface area (Å²) in [6.45, 7) is 4.86. The smallest absolute Gasteiger partial charge is 0.387 e. The van der Waals surface area contributed by atoms with Gasteiger partial charge in [0.15, 0.2) is 0 Å². The molecule has 0 aromatic rings. The van der Waals surface area contributed by atoms with Crippen molar-refractivity contribution in [3.05, 3.63) is 48.6 Å². The lowest BCUT2D eigenvalue weighted by Gasteiger charge is -2.25. The Hall–Kier alpha value is -1.54. The van der Waals surface area contributed by atoms with E-state index in [-0.39, 0.29) is 19.1 Å². The number of carbonyl (C=O) groups excluding carboxylic acids is 1. The second-order valence-electron chi connectivity index (χ2n) is 26.3. The van der Waals surface area contributed by atoms with Crippen molar-refractivity contribution in [1.29, 1.82) is 0 Å². The zero-order valence-corrected chi connectivity index (χ0v) is 57.1. The molecule has 0 aliphatic rings. The number of aliphatic hydroxyl groups is 1. The maximum absolute atomic E-state index is 13.1. The van der Waals surface area contributed by atoms with Crippen molar-refractivity contribution in [2.24, 2.45) is 0 Å². The van der Waals surface area contributed by atoms with Gasteiger partial charge in [0, 0.05) is 6.42 Å². The molecule has 3 unspecified atom stereocenters. The lowest BCUT2D eigenvalue weighted by Crippen LogP contribution is -2.45. The van der Waals surface area contributed by atoms with Crippen LogP contribution in [0.25, 0.3) is 0 Å². The number of phosphoric acid groups is 1. The van der Waals surface area contributed by atoms with Gasteiger partial charge < -0.3 is 19.8 Å². The van der Waals surface area contributed by atoms with E-state index >= 15 is 0 Å². The molecule has 0 bridgehead atoms. The monoisotopic (exact) mass is 1190 g/mol. The highest BCUT2D eigenvalue weighted by Crippen LogP contribution is 2.43. The van der Waals surface area contributed by atoms with Crippen LogP contribution in [0.5, 0.6) is 0 Å². The van der Waals surface area contributed by atoms with Crippen LogP contribution in [0.15, 0.2) is 48.6 Å². The van der Waals surface area contributed by atoms with Crippen LogP contribution in [-0.4, -0.2) is 73.4 Å². The molecule has 0 heterocycles. The van der Waals surface area contributed by atoms with E-state index in [0.29, 0.717) is 17.4 Å². The minimum atomic E-state index is -4.35. The second-order valence-corrected chi connectivity index (χ2v) is 27.8. The summed E-state index contributed by atoms with van der Waals surface area (Å²) >= 11 is 0. The molecule has 0 saturated carbocycles. The molecule has 0 saturated heterocycles. The minimum Gasteiger partial charge on any atom is -0.387 e. The number of quaternary nitrogens is 1. The zero-order valence-electron chi connectivity index (χ0n) is 56.2. The molecule has 83 heavy (non-hydrogen) atoms. The maximum atomic E-state index is 13.1. The zero-order chi connectivity index (χ0) is 60.5. The number of nitrogens with zero attached hydrogens (tertiary/aromatic N) is 1. The summed E-state index contributed by atoms with van der Waals surface area (Å²) < 4.78 is 23.8. The Morgan fingerprint density at radius 1 is 0.410 bits per heavy atom. The molecular weight excluding hydrogens is 1040 g/mol. The molecule has 0 aromatic heterocycles. The molecular formula is C74H144N2O6P+. The average molecular weight is 1190 g/mol. The molecule has 0 spiro atoms. The number of unbranched alkanes of at least 4 members (excludes halogenated alkanes) is 49. The molecule has 8 nitrogen and oxygen atoms in total. The van der Waals surface area contributed by atoms with Gasteiger partial charge >= 0.3 is 7.82 Å². The van der Waals surface area contributed by atoms with Gasteiger partial charge in [0.1, 0.15) is 13.2 Å². The van der Waals surface area contributed by atoms with Crippen LogP contribution in [0, 0.1) is 0 Å². The highest BCUT2D eigenvalue weighted by atomic mass is 31.2. The fourth-order valence-electron chi connectivity index (χ4n) is 11.1. The summed E-state index contributed by atoms with van der Waals surface area (Å²) in [5, 5.41) is 14.0. The van der Waals surface area contributed by atoms with E-state index in [9.17, 15) is 19.4 Å². The SMILES string of the molecule is CCCCCCC/C=C\C/C=C\C/C=C\CCCCCCCCCCCCCCCCCCCCCCCCC(=O)NC(COP(=O)(O)OCC[N+](C)(C)C)C(O)/C=C/CCCCCCCCCCCCCCCCCCCCCCCC. The van der Waals surface area contributed by atoms with Crippen LogP contribution in [0.3, 0.4) is 0 Å². The van der Waals surface area contributed by atoms with E-state index in [1.807, 2.05) is 27.2 Å². The van der Waals surface area contributed by atoms with Gasteiger partial charge in [-0.05, 0) is 57.8 Å². The lowest BCUT2D eigenvalue weighted by molar-refractivity contribution is -0.870. The Morgan fingerprint density at radius 3 is 1.00 bits per heavy atom. The highest BCUT2D eigenvalue weighted by Gasteiger charge is 2.28. The van der Waals surface area contributed by atoms with Crippen molar-refractivity contribution in [1.82, 2.24) is 5.32 Å². The number of carbonyl (C=O) groups is 1. The van der Waals surface area contributed by atoms with Crippen LogP contribution >= 0.6 is 7.82 Å². The normalized spacial score (nSPS) is 13.9. The topological polar surface area (TPSA) is 105 Å². The molecule has 1 amide bonds. The first-order chi connectivity index (χ1) is 40.5. The van der Waals surface area contributed by atoms with E-state index in [2.05, 4.69) is 55.6 Å². The number of phosphoric ester groups is 1. The van der Waals surface area contributed by atoms with Gasteiger partial charge in [0.2, 0.25) is 5.91 Å². The van der Waals surface area contributed by atoms with Crippen molar-refractivity contribution in [3.8, 4) is 0 Å². The summed E-state index contributed by atoms with van der Waals surface area (Å²) in [5.41, 5.74) is 0. The third-order valence-corrected chi connectivity index (χ3v) is 17.8. The summed E-state index contributed by atoms with van der Waals surface area (Å²) in [4.78, 5) is 23.4. The standard InChI is InChI=1S/C74H143N2O6P/c1-6-8-10-12-14-16-18-20-22-24-26-28-30-32-33-34-35-36-37-38-39-40-41-42-43-44-46-48-50-52-54-56-58-60-62-64-66-68-74(78)75-72(71-82-83(79,80)81-70-69-76(3,4)5)73(77)67-65-63-61-59-57-55-53-51-49-47-45-31-29-27-25-23-21-19-17-15-13-11-9-7-2/h18,20,24,26,30,32,65,67,72-73,77H,6-17,19,21-23,25,27-29,31,33-64,66,68-71H2,1-5H3,(H-,75,78,79,80)/p+1/b20-18-,26-24-,32-30-,67-65+. The third-order valence-electron chi connectivity index (χ3n) is 16.8. The first-order valence-electron chi connectivity index (χ1n) is 36.5. The van der Waals surface area contributed by atoms with E-state index < -0.39 is 20.0 Å². The predicted molar refractivity (Wildman–Crippen MR) is 364 cm³/mol. The maximum Gasteiger partial charge on any atom is 0.472 e. The number of likely N-dealkylation sites (N-methyl/N-ethyl adjacent to an activating group) is 1. The van der Waals surface area contributed by atoms with Crippen molar-refractivity contribution in [2.75, 3.05) is 40.9 Å². The summed E-state index contributed by atoms with van der Waals surface area (Å²) in [6.07, 6.45) is 88.4. The number of aliphatic hydroxyl groups excluding tert-OH is 1. The van der Waals surface area contributed by atoms with Crippen molar-refractivity contribution >= 4 is 13.7 Å². The Kier molecular flexibility index (Phi) is 63.7. The van der Waals surface area contributed by atoms with Gasteiger partial charge in [-0.3, -0.25) is 13.8 Å². The van der Waals surface area contributed by atoms with Crippen LogP contribution in [-0.2, 0) is 18.4 Å². The molecule has 3 atom stereocenters. The third kappa shape index (κ3) is 67.8. The quantitative estimate of drug-likeness (QED) is 0.0243. The summed E-state index contributed by atoms with van der Waals surface area (Å²) in [6, 6.07) is -0.847. The molecule has 490 valence electrons. The van der Waals surface area contributed by atoms with Gasteiger partial charge in [-0.2, -0.15) is 0 Å². The van der Waals surface area contributed by atoms with Crippen LogP contribution < -0.4 is 5.32 Å². The van der Waals surface area contributed by atoms with Gasteiger partial charge in [0.25, 0.3) is 0 Å². The van der Waals surface area contributed by atoms with E-state index in [4.69, 9.17) is 9.05 Å². The molecule has 9 heteroatoms. The molecule has 0 aliphatic heterocycles. The Balaban J connectivity index is 3.98. The molecule has 0 fully saturated rings. The fourth-order valence-corrected chi connectivity index (χ4v) is 11.8. The van der Waals surface area contributed by atoms with E-state index in [1.54, 1.807) is 6.08 Å². The number of hydrogen-bond donors (Lipinski definition) is 3. The van der Waals surface area contributed by atoms with Crippen LogP contribution in [0.1, 0.15) is 367 Å². The number of hydrogen-bond acceptors (Lipinski definition) is 5. The van der Waals surface area contributed by atoms with Crippen molar-refractivity contribution in [2.45, 2.75) is 379 Å². The van der Waals surface area contributed by atoms with Gasteiger partial charge in [-0.1, -0.05) is 351 Å². The van der Waals surface area contributed by atoms with Gasteiger partial charge in [-0.25, -0.2) is 4.57 Å². The first kappa shape index (κ1) is 81.5. The Bertz CT molecular complexity index is 1490. The van der Waals surface area contributed by atoms with Gasteiger partial charge in [-0.15, -0.1) is 0 Å². The van der Waals surface area contributed by atoms with Crippen molar-refractivity contribution < 1.29 is 32.9 Å². The van der Waals surface area contributed by atoms with Crippen LogP contribution in [0.2, 0.25) is 0 Å². The predicted octanol–water partition coefficient (Wildman–Crippen LogP) is 23.4. The van der Waals surface area contributed by atoms with Gasteiger partial charge in [0.05, 0.1) is 39.9 Å². The second kappa shape index (κ2) is 64.9. The number of amides is 1. The van der Waals surface area contributed by atoms with E-state index in [0.717, 1.165) is 44.9 Å². The number of rotatable bonds is 68. The molecule has 0 rings (SSSR count). The van der Waals surface area contributed by atoms with E-state index in [1.165, 1.54) is 302 Å². The molecule has 0 aliphatic carbocycles. The lowest BCUT2D eigenvalue weighted by atomic mass is 10.0. The summed E-state index contributed by atoms with van der Waals surface area (Å²) in [7, 11) is 1.59. The molecule has 0 radical (unpaired) electrons.